The van der Waals surface area contributed by atoms with Crippen LogP contribution in [0.25, 0.3) is 0 Å². The number of hydrogen-bond acceptors (Lipinski definition) is 3. The van der Waals surface area contributed by atoms with Gasteiger partial charge in [-0.1, -0.05) is 38.8 Å². The first-order chi connectivity index (χ1) is 9.88. The Labute approximate surface area is 130 Å². The lowest BCUT2D eigenvalue weighted by Gasteiger charge is -2.37. The summed E-state index contributed by atoms with van der Waals surface area (Å²) in [6.07, 6.45) is 3.43. The number of nitrogens with zero attached hydrogens (tertiary/aromatic N) is 1. The molecule has 5 heteroatoms. The Balaban J connectivity index is 2.18. The van der Waals surface area contributed by atoms with Crippen LogP contribution in [0.5, 0.6) is 5.88 Å². The minimum atomic E-state index is -1.14. The summed E-state index contributed by atoms with van der Waals surface area (Å²) in [6, 6.07) is 3.18. The van der Waals surface area contributed by atoms with Crippen LogP contribution in [-0.2, 0) is 0 Å². The lowest BCUT2D eigenvalue weighted by Crippen LogP contribution is -2.36. The Morgan fingerprint density at radius 3 is 2.76 bits per heavy atom. The van der Waals surface area contributed by atoms with Crippen molar-refractivity contribution in [2.75, 3.05) is 0 Å². The number of ether oxygens (including phenoxy) is 1. The lowest BCUT2D eigenvalue weighted by molar-refractivity contribution is 0.0420. The van der Waals surface area contributed by atoms with Crippen molar-refractivity contribution < 1.29 is 14.6 Å². The molecule has 0 aromatic carbocycles. The highest BCUT2D eigenvalue weighted by Crippen LogP contribution is 2.35. The van der Waals surface area contributed by atoms with Gasteiger partial charge in [-0.15, -0.1) is 0 Å². The van der Waals surface area contributed by atoms with Gasteiger partial charge in [-0.3, -0.25) is 0 Å². The van der Waals surface area contributed by atoms with Crippen molar-refractivity contribution in [2.24, 2.45) is 17.8 Å². The number of aromatic nitrogens is 1. The van der Waals surface area contributed by atoms with Crippen LogP contribution < -0.4 is 4.74 Å². The lowest BCUT2D eigenvalue weighted by atomic mass is 9.75. The maximum Gasteiger partial charge on any atom is 0.356 e. The first-order valence-electron chi connectivity index (χ1n) is 7.45. The van der Waals surface area contributed by atoms with E-state index in [0.29, 0.717) is 23.6 Å². The molecule has 0 bridgehead atoms. The third kappa shape index (κ3) is 3.88. The molecule has 1 heterocycles. The van der Waals surface area contributed by atoms with Crippen LogP contribution in [0, 0.1) is 17.8 Å². The molecular weight excluding hydrogens is 290 g/mol. The van der Waals surface area contributed by atoms with Gasteiger partial charge in [0.15, 0.2) is 5.69 Å². The van der Waals surface area contributed by atoms with Crippen molar-refractivity contribution in [1.82, 2.24) is 4.98 Å². The van der Waals surface area contributed by atoms with Crippen LogP contribution in [0.2, 0.25) is 5.02 Å². The van der Waals surface area contributed by atoms with Crippen molar-refractivity contribution >= 4 is 17.6 Å². The van der Waals surface area contributed by atoms with Gasteiger partial charge in [0.1, 0.15) is 6.10 Å². The molecule has 1 N–H and O–H groups in total. The van der Waals surface area contributed by atoms with Gasteiger partial charge < -0.3 is 9.84 Å². The quantitative estimate of drug-likeness (QED) is 0.902. The summed E-state index contributed by atoms with van der Waals surface area (Å²) in [6.45, 7) is 6.63. The van der Waals surface area contributed by atoms with E-state index in [1.54, 1.807) is 6.07 Å². The van der Waals surface area contributed by atoms with E-state index in [-0.39, 0.29) is 16.8 Å². The molecule has 0 saturated heterocycles. The van der Waals surface area contributed by atoms with Crippen LogP contribution in [0.15, 0.2) is 12.1 Å². The molecule has 116 valence electrons. The number of aromatic carboxylic acids is 1. The maximum absolute atomic E-state index is 11.1. The molecule has 1 fully saturated rings. The third-order valence-electron chi connectivity index (χ3n) is 4.26. The number of pyridine rings is 1. The van der Waals surface area contributed by atoms with Crippen LogP contribution >= 0.6 is 11.6 Å². The standard InChI is InChI=1S/C16H22ClNO3/c1-9(2)11-5-4-10(3)8-13(11)21-14-7-6-12(17)15(18-14)16(19)20/h6-7,9-11,13H,4-5,8H2,1-3H3,(H,19,20). The molecule has 0 aliphatic heterocycles. The fourth-order valence-corrected chi connectivity index (χ4v) is 3.23. The highest BCUT2D eigenvalue weighted by atomic mass is 35.5. The number of rotatable bonds is 4. The molecule has 1 aromatic heterocycles. The minimum Gasteiger partial charge on any atom is -0.476 e. The SMILES string of the molecule is CC1CCC(C(C)C)C(Oc2ccc(Cl)c(C(=O)O)n2)C1. The second-order valence-electron chi connectivity index (χ2n) is 6.27. The molecule has 0 amide bonds. The van der Waals surface area contributed by atoms with Crippen molar-refractivity contribution in [1.29, 1.82) is 0 Å². The Morgan fingerprint density at radius 1 is 1.43 bits per heavy atom. The normalized spacial score (nSPS) is 25.9. The fraction of sp³-hybridized carbons (Fsp3) is 0.625. The second kappa shape index (κ2) is 6.65. The van der Waals surface area contributed by atoms with E-state index in [0.717, 1.165) is 12.8 Å². The second-order valence-corrected chi connectivity index (χ2v) is 6.67. The number of halogens is 1. The Bertz CT molecular complexity index is 518. The summed E-state index contributed by atoms with van der Waals surface area (Å²) in [5.74, 6) is 0.848. The monoisotopic (exact) mass is 311 g/mol. The Morgan fingerprint density at radius 2 is 2.14 bits per heavy atom. The first kappa shape index (κ1) is 16.1. The molecule has 4 nitrogen and oxygen atoms in total. The molecule has 21 heavy (non-hydrogen) atoms. The van der Waals surface area contributed by atoms with Crippen molar-refractivity contribution in [3.8, 4) is 5.88 Å². The summed E-state index contributed by atoms with van der Waals surface area (Å²) >= 11 is 5.84. The highest BCUT2D eigenvalue weighted by molar-refractivity contribution is 6.33. The van der Waals surface area contributed by atoms with Crippen molar-refractivity contribution in [2.45, 2.75) is 46.1 Å². The fourth-order valence-electron chi connectivity index (χ4n) is 3.05. The Hall–Kier alpha value is -1.29. The van der Waals surface area contributed by atoms with E-state index in [4.69, 9.17) is 21.4 Å². The smallest absolute Gasteiger partial charge is 0.356 e. The molecule has 3 atom stereocenters. The topological polar surface area (TPSA) is 59.4 Å². The predicted molar refractivity (Wildman–Crippen MR) is 82.0 cm³/mol. The van der Waals surface area contributed by atoms with E-state index in [1.165, 1.54) is 12.5 Å². The van der Waals surface area contributed by atoms with Gasteiger partial charge in [-0.05, 0) is 36.7 Å². The molecule has 3 unspecified atom stereocenters. The van der Waals surface area contributed by atoms with E-state index < -0.39 is 5.97 Å². The van der Waals surface area contributed by atoms with Gasteiger partial charge in [-0.2, -0.15) is 0 Å². The average Bonchev–Trinajstić information content (AvgIpc) is 2.40. The van der Waals surface area contributed by atoms with E-state index in [2.05, 4.69) is 25.8 Å². The Kier molecular flexibility index (Phi) is 5.09. The average molecular weight is 312 g/mol. The van der Waals surface area contributed by atoms with Crippen LogP contribution in [0.4, 0.5) is 0 Å². The highest BCUT2D eigenvalue weighted by Gasteiger charge is 2.32. The minimum absolute atomic E-state index is 0.0871. The predicted octanol–water partition coefficient (Wildman–Crippen LogP) is 4.27. The zero-order valence-corrected chi connectivity index (χ0v) is 13.4. The number of carboxylic acid groups (broad SMARTS) is 1. The van der Waals surface area contributed by atoms with E-state index >= 15 is 0 Å². The molecule has 0 spiro atoms. The number of carbonyl (C=O) groups is 1. The van der Waals surface area contributed by atoms with E-state index in [1.807, 2.05) is 0 Å². The van der Waals surface area contributed by atoms with Crippen molar-refractivity contribution in [3.05, 3.63) is 22.8 Å². The zero-order valence-electron chi connectivity index (χ0n) is 12.7. The summed E-state index contributed by atoms with van der Waals surface area (Å²) in [5.41, 5.74) is -0.154. The maximum atomic E-state index is 11.1. The van der Waals surface area contributed by atoms with Gasteiger partial charge in [0.05, 0.1) is 5.02 Å². The summed E-state index contributed by atoms with van der Waals surface area (Å²) < 4.78 is 6.01. The summed E-state index contributed by atoms with van der Waals surface area (Å²) in [5, 5.41) is 9.21. The zero-order chi connectivity index (χ0) is 15.6. The molecule has 1 aliphatic carbocycles. The number of carboxylic acids is 1. The molecule has 1 aliphatic rings. The number of hydrogen-bond donors (Lipinski definition) is 1. The van der Waals surface area contributed by atoms with Gasteiger partial charge in [0.2, 0.25) is 5.88 Å². The largest absolute Gasteiger partial charge is 0.476 e. The summed E-state index contributed by atoms with van der Waals surface area (Å²) in [7, 11) is 0. The van der Waals surface area contributed by atoms with Gasteiger partial charge >= 0.3 is 5.97 Å². The van der Waals surface area contributed by atoms with Crippen LogP contribution in [0.3, 0.4) is 0 Å². The molecule has 1 aromatic rings. The molecule has 2 rings (SSSR count). The van der Waals surface area contributed by atoms with E-state index in [9.17, 15) is 4.79 Å². The van der Waals surface area contributed by atoms with Crippen molar-refractivity contribution in [3.63, 3.8) is 0 Å². The molecule has 0 radical (unpaired) electrons. The molecule has 1 saturated carbocycles. The van der Waals surface area contributed by atoms with Gasteiger partial charge in [0, 0.05) is 6.07 Å². The van der Waals surface area contributed by atoms with Crippen LogP contribution in [0.1, 0.15) is 50.5 Å². The van der Waals surface area contributed by atoms with Crippen LogP contribution in [-0.4, -0.2) is 22.2 Å². The first-order valence-corrected chi connectivity index (χ1v) is 7.82. The third-order valence-corrected chi connectivity index (χ3v) is 4.56. The van der Waals surface area contributed by atoms with Gasteiger partial charge in [0.25, 0.3) is 0 Å². The molecular formula is C16H22ClNO3. The van der Waals surface area contributed by atoms with Gasteiger partial charge in [-0.25, -0.2) is 9.78 Å². The summed E-state index contributed by atoms with van der Waals surface area (Å²) in [4.78, 5) is 15.1.